The second-order valence-corrected chi connectivity index (χ2v) is 22.5. The Hall–Kier alpha value is -2.59. The van der Waals surface area contributed by atoms with Gasteiger partial charge in [-0.1, -0.05) is 0 Å². The molecule has 6 rings (SSSR count). The van der Waals surface area contributed by atoms with Crippen LogP contribution in [0.2, 0.25) is 17.3 Å². The Morgan fingerprint density at radius 1 is 0.882 bits per heavy atom. The zero-order chi connectivity index (χ0) is 24.1. The molecule has 0 bridgehead atoms. The van der Waals surface area contributed by atoms with Crippen molar-refractivity contribution in [3.05, 3.63) is 65.4 Å². The fraction of sp³-hybridized carbons (Fsp3) is 0.323. The van der Waals surface area contributed by atoms with E-state index in [2.05, 4.69) is 110 Å². The number of benzene rings is 3. The molecule has 0 fully saturated rings. The molecular weight excluding hydrogens is 473 g/mol. The van der Waals surface area contributed by atoms with Crippen LogP contribution in [0.4, 0.5) is 0 Å². The Balaban J connectivity index is 1.96. The fourth-order valence-corrected chi connectivity index (χ4v) is 8.41. The van der Waals surface area contributed by atoms with E-state index in [1.807, 2.05) is 0 Å². The van der Waals surface area contributed by atoms with Gasteiger partial charge in [-0.25, -0.2) is 0 Å². The molecule has 0 saturated heterocycles. The van der Waals surface area contributed by atoms with Crippen LogP contribution in [0.3, 0.4) is 0 Å². The second kappa shape index (κ2) is 7.21. The molecule has 0 atom stereocenters. The van der Waals surface area contributed by atoms with E-state index >= 15 is 0 Å². The van der Waals surface area contributed by atoms with Crippen molar-refractivity contribution >= 4 is 66.7 Å². The van der Waals surface area contributed by atoms with Crippen molar-refractivity contribution in [2.24, 2.45) is 13.0 Å². The first-order chi connectivity index (χ1) is 16.1. The first-order valence-electron chi connectivity index (χ1n) is 12.6. The van der Waals surface area contributed by atoms with Crippen molar-refractivity contribution in [2.75, 3.05) is 0 Å². The van der Waals surface area contributed by atoms with Gasteiger partial charge in [0, 0.05) is 0 Å². The van der Waals surface area contributed by atoms with Crippen molar-refractivity contribution in [2.45, 2.75) is 51.4 Å². The molecule has 0 radical (unpaired) electrons. The molecule has 0 spiro atoms. The van der Waals surface area contributed by atoms with Gasteiger partial charge >= 0.3 is 205 Å². The zero-order valence-corrected chi connectivity index (χ0v) is 23.9. The molecule has 3 heteroatoms. The monoisotopic (exact) mass is 509 g/mol. The Labute approximate surface area is 204 Å². The molecule has 0 amide bonds. The molecule has 0 aliphatic rings. The van der Waals surface area contributed by atoms with Gasteiger partial charge in [0.2, 0.25) is 0 Å². The van der Waals surface area contributed by atoms with Crippen LogP contribution >= 0.6 is 0 Å². The number of fused-ring (bicyclic) bond motifs is 5. The van der Waals surface area contributed by atoms with Gasteiger partial charge in [0.1, 0.15) is 0 Å². The summed E-state index contributed by atoms with van der Waals surface area (Å²) in [6, 6.07) is 17.0. The fourth-order valence-electron chi connectivity index (χ4n) is 5.98. The number of hydrogen-bond acceptors (Lipinski definition) is 0. The van der Waals surface area contributed by atoms with Gasteiger partial charge in [0.15, 0.2) is 0 Å². The molecule has 3 heterocycles. The van der Waals surface area contributed by atoms with Crippen molar-refractivity contribution in [1.29, 1.82) is 0 Å². The topological polar surface area (TPSA) is 8.29 Å². The van der Waals surface area contributed by atoms with E-state index in [0.29, 0.717) is 5.92 Å². The predicted octanol–water partition coefficient (Wildman–Crippen LogP) is 7.17. The van der Waals surface area contributed by atoms with Crippen molar-refractivity contribution < 1.29 is 4.57 Å². The van der Waals surface area contributed by atoms with Gasteiger partial charge in [0.05, 0.1) is 0 Å². The van der Waals surface area contributed by atoms with Gasteiger partial charge in [0.25, 0.3) is 0 Å². The average molecular weight is 508 g/mol. The van der Waals surface area contributed by atoms with Crippen LogP contribution in [0.15, 0.2) is 48.7 Å². The molecule has 172 valence electrons. The Morgan fingerprint density at radius 3 is 2.35 bits per heavy atom. The standard InChI is InChI=1S/C31H35GeN2/c1-18(2)13-21-9-10-26-24(15-21)25-14-19(3)20(4)28-30(25)34(26)27-17-23(32(5,6)7)16-22-11-12-33(8)31(28)29(22)27/h9-12,14-18H,13H2,1-8H3/q+1. The van der Waals surface area contributed by atoms with Gasteiger partial charge in [-0.3, -0.25) is 0 Å². The molecule has 34 heavy (non-hydrogen) atoms. The van der Waals surface area contributed by atoms with Crippen LogP contribution in [-0.4, -0.2) is 17.7 Å². The quantitative estimate of drug-likeness (QED) is 0.104. The number of nitrogens with zero attached hydrogens (tertiary/aromatic N) is 2. The van der Waals surface area contributed by atoms with Crippen molar-refractivity contribution in [3.63, 3.8) is 0 Å². The van der Waals surface area contributed by atoms with Crippen LogP contribution in [0.1, 0.15) is 30.5 Å². The number of aromatic nitrogens is 2. The summed E-state index contributed by atoms with van der Waals surface area (Å²) in [5.74, 6) is 8.16. The molecule has 3 aromatic heterocycles. The third-order valence-corrected chi connectivity index (χ3v) is 12.1. The predicted molar refractivity (Wildman–Crippen MR) is 151 cm³/mol. The van der Waals surface area contributed by atoms with E-state index in [1.165, 1.54) is 65.7 Å². The van der Waals surface area contributed by atoms with Gasteiger partial charge in [-0.2, -0.15) is 0 Å². The molecular formula is C31H35GeN2+. The van der Waals surface area contributed by atoms with E-state index < -0.39 is 13.3 Å². The minimum absolute atomic E-state index is 0.652. The average Bonchev–Trinajstić information content (AvgIpc) is 3.07. The van der Waals surface area contributed by atoms with Crippen LogP contribution in [0.5, 0.6) is 0 Å². The maximum absolute atomic E-state index is 2.60. The Kier molecular flexibility index (Phi) is 4.65. The number of pyridine rings is 2. The van der Waals surface area contributed by atoms with Crippen LogP contribution in [0.25, 0.3) is 49.0 Å². The van der Waals surface area contributed by atoms with Crippen molar-refractivity contribution in [3.8, 4) is 0 Å². The molecule has 0 unspecified atom stereocenters. The molecule has 0 aliphatic carbocycles. The molecule has 6 aromatic rings. The van der Waals surface area contributed by atoms with E-state index in [4.69, 9.17) is 0 Å². The second-order valence-electron chi connectivity index (χ2n) is 11.9. The van der Waals surface area contributed by atoms with E-state index in [-0.39, 0.29) is 0 Å². The minimum atomic E-state index is -2.05. The normalized spacial score (nSPS) is 13.1. The van der Waals surface area contributed by atoms with E-state index in [0.717, 1.165) is 6.42 Å². The third kappa shape index (κ3) is 2.97. The van der Waals surface area contributed by atoms with Crippen molar-refractivity contribution in [1.82, 2.24) is 4.40 Å². The summed E-state index contributed by atoms with van der Waals surface area (Å²) in [6.07, 6.45) is 3.38. The zero-order valence-electron chi connectivity index (χ0n) is 21.8. The number of rotatable bonds is 3. The summed E-state index contributed by atoms with van der Waals surface area (Å²) >= 11 is -2.05. The first kappa shape index (κ1) is 21.9. The summed E-state index contributed by atoms with van der Waals surface area (Å²) in [7, 11) is 2.21. The van der Waals surface area contributed by atoms with Crippen LogP contribution < -0.4 is 8.96 Å². The molecule has 0 aliphatic heterocycles. The SMILES string of the molecule is Cc1cc2c3cc(CC(C)C)ccc3n3c4c[c]([Ge]([CH3])([CH3])[CH3])cc5cc[n+](C)c(c(c1C)c23)c54. The van der Waals surface area contributed by atoms with Gasteiger partial charge < -0.3 is 0 Å². The molecule has 0 saturated carbocycles. The van der Waals surface area contributed by atoms with Gasteiger partial charge in [-0.05, 0) is 0 Å². The number of aryl methyl sites for hydroxylation is 3. The maximum atomic E-state index is 2.60. The van der Waals surface area contributed by atoms with Crippen LogP contribution in [0, 0.1) is 19.8 Å². The van der Waals surface area contributed by atoms with Gasteiger partial charge in [-0.15, -0.1) is 0 Å². The third-order valence-electron chi connectivity index (χ3n) is 7.84. The molecule has 2 nitrogen and oxygen atoms in total. The Morgan fingerprint density at radius 2 is 1.65 bits per heavy atom. The van der Waals surface area contributed by atoms with E-state index in [9.17, 15) is 0 Å². The van der Waals surface area contributed by atoms with E-state index in [1.54, 1.807) is 4.40 Å². The molecule has 3 aromatic carbocycles. The summed E-state index contributed by atoms with van der Waals surface area (Å²) in [5, 5.41) is 6.96. The summed E-state index contributed by atoms with van der Waals surface area (Å²) < 4.78 is 6.51. The van der Waals surface area contributed by atoms with Crippen LogP contribution in [-0.2, 0) is 13.5 Å². The molecule has 0 N–H and O–H groups in total. The number of hydrogen-bond donors (Lipinski definition) is 0. The summed E-state index contributed by atoms with van der Waals surface area (Å²) in [4.78, 5) is 0. The first-order valence-corrected chi connectivity index (χ1v) is 20.0. The Bertz CT molecular complexity index is 1760. The summed E-state index contributed by atoms with van der Waals surface area (Å²) in [6.45, 7) is 9.20. The summed E-state index contributed by atoms with van der Waals surface area (Å²) in [5.41, 5.74) is 9.66.